The second-order valence-corrected chi connectivity index (χ2v) is 4.74. The highest BCUT2D eigenvalue weighted by Crippen LogP contribution is 2.22. The number of nitrogens with one attached hydrogen (secondary N) is 1. The molecule has 0 heterocycles. The Labute approximate surface area is 116 Å². The summed E-state index contributed by atoms with van der Waals surface area (Å²) >= 11 is 0. The topological polar surface area (TPSA) is 113 Å². The molecule has 0 bridgehead atoms. The Bertz CT molecular complexity index is 502. The number of carbonyl (C=O) groups is 1. The van der Waals surface area contributed by atoms with Crippen LogP contribution in [0.5, 0.6) is 0 Å². The van der Waals surface area contributed by atoms with E-state index in [0.29, 0.717) is 12.0 Å². The van der Waals surface area contributed by atoms with Crippen molar-refractivity contribution in [2.45, 2.75) is 39.0 Å². The van der Waals surface area contributed by atoms with Crippen LogP contribution in [0.25, 0.3) is 0 Å². The Kier molecular flexibility index (Phi) is 5.60. The van der Waals surface area contributed by atoms with Crippen LogP contribution in [0, 0.1) is 10.1 Å². The van der Waals surface area contributed by atoms with Gasteiger partial charge in [0.25, 0.3) is 5.69 Å². The first-order valence-corrected chi connectivity index (χ1v) is 6.24. The van der Waals surface area contributed by atoms with Gasteiger partial charge in [-0.3, -0.25) is 10.1 Å². The predicted molar refractivity (Wildman–Crippen MR) is 72.7 cm³/mol. The Morgan fingerprint density at radius 1 is 1.45 bits per heavy atom. The van der Waals surface area contributed by atoms with Crippen molar-refractivity contribution in [2.24, 2.45) is 0 Å². The van der Waals surface area contributed by atoms with Crippen molar-refractivity contribution in [3.05, 3.63) is 39.4 Å². The zero-order chi connectivity index (χ0) is 15.3. The Hall–Kier alpha value is -1.99. The number of aromatic carboxylic acids is 1. The quantitative estimate of drug-likeness (QED) is 0.516. The predicted octanol–water partition coefficient (Wildman–Crippen LogP) is 1.54. The van der Waals surface area contributed by atoms with Gasteiger partial charge in [-0.05, 0) is 25.8 Å². The van der Waals surface area contributed by atoms with E-state index in [4.69, 9.17) is 5.11 Å². The summed E-state index contributed by atoms with van der Waals surface area (Å²) in [5.41, 5.74) is -0.363. The fourth-order valence-electron chi connectivity index (χ4n) is 2.01. The highest BCUT2D eigenvalue weighted by Gasteiger charge is 2.23. The van der Waals surface area contributed by atoms with Gasteiger partial charge in [0, 0.05) is 18.7 Å². The van der Waals surface area contributed by atoms with Gasteiger partial charge in [0.1, 0.15) is 5.56 Å². The Morgan fingerprint density at radius 2 is 2.10 bits per heavy atom. The second kappa shape index (κ2) is 6.97. The number of nitro groups is 1. The number of nitro benzene ring substituents is 1. The second-order valence-electron chi connectivity index (χ2n) is 4.74. The average molecular weight is 282 g/mol. The molecule has 0 saturated heterocycles. The summed E-state index contributed by atoms with van der Waals surface area (Å²) in [5.74, 6) is -1.32. The van der Waals surface area contributed by atoms with Crippen LogP contribution in [0.1, 0.15) is 36.2 Å². The Balaban J connectivity index is 2.92. The van der Waals surface area contributed by atoms with Gasteiger partial charge in [0.05, 0.1) is 11.0 Å². The molecule has 0 saturated carbocycles. The maximum absolute atomic E-state index is 11.2. The van der Waals surface area contributed by atoms with Crippen molar-refractivity contribution >= 4 is 11.7 Å². The van der Waals surface area contributed by atoms with Gasteiger partial charge in [0.2, 0.25) is 0 Å². The highest BCUT2D eigenvalue weighted by atomic mass is 16.6. The number of aliphatic hydroxyl groups is 1. The number of nitrogens with zero attached hydrogens (tertiary/aromatic N) is 1. The molecule has 3 N–H and O–H groups in total. The van der Waals surface area contributed by atoms with Gasteiger partial charge in [-0.25, -0.2) is 4.79 Å². The molecule has 0 fully saturated rings. The molecular weight excluding hydrogens is 264 g/mol. The molecule has 7 nitrogen and oxygen atoms in total. The van der Waals surface area contributed by atoms with E-state index in [1.165, 1.54) is 12.1 Å². The maximum Gasteiger partial charge on any atom is 0.343 e. The van der Waals surface area contributed by atoms with Gasteiger partial charge < -0.3 is 15.5 Å². The zero-order valence-electron chi connectivity index (χ0n) is 11.4. The summed E-state index contributed by atoms with van der Waals surface area (Å²) in [5, 5.41) is 32.3. The third kappa shape index (κ3) is 4.29. The summed E-state index contributed by atoms with van der Waals surface area (Å²) in [6.45, 7) is 3.70. The smallest absolute Gasteiger partial charge is 0.343 e. The van der Waals surface area contributed by atoms with Gasteiger partial charge >= 0.3 is 5.97 Å². The zero-order valence-corrected chi connectivity index (χ0v) is 11.4. The molecule has 110 valence electrons. The fraction of sp³-hybridized carbons (Fsp3) is 0.462. The largest absolute Gasteiger partial charge is 0.477 e. The van der Waals surface area contributed by atoms with Gasteiger partial charge in [-0.2, -0.15) is 0 Å². The molecule has 1 rings (SSSR count). The van der Waals surface area contributed by atoms with Gasteiger partial charge in [-0.15, -0.1) is 0 Å². The van der Waals surface area contributed by atoms with E-state index in [9.17, 15) is 20.0 Å². The number of carboxylic acid groups (broad SMARTS) is 1. The Morgan fingerprint density at radius 3 is 2.60 bits per heavy atom. The molecular formula is C13H18N2O5. The number of aliphatic hydroxyl groups excluding tert-OH is 1. The lowest BCUT2D eigenvalue weighted by atomic mass is 10.0. The third-order valence-corrected chi connectivity index (χ3v) is 2.87. The van der Waals surface area contributed by atoms with Crippen molar-refractivity contribution in [2.75, 3.05) is 0 Å². The molecule has 7 heteroatoms. The van der Waals surface area contributed by atoms with Crippen molar-refractivity contribution in [3.8, 4) is 0 Å². The van der Waals surface area contributed by atoms with Crippen LogP contribution in [0.4, 0.5) is 5.69 Å². The maximum atomic E-state index is 11.2. The monoisotopic (exact) mass is 282 g/mol. The molecule has 1 aromatic rings. The van der Waals surface area contributed by atoms with Crippen molar-refractivity contribution in [1.29, 1.82) is 0 Å². The van der Waals surface area contributed by atoms with E-state index in [1.807, 2.05) is 6.92 Å². The summed E-state index contributed by atoms with van der Waals surface area (Å²) < 4.78 is 0. The average Bonchev–Trinajstić information content (AvgIpc) is 2.34. The van der Waals surface area contributed by atoms with E-state index in [0.717, 1.165) is 0 Å². The van der Waals surface area contributed by atoms with Crippen LogP contribution in [-0.2, 0) is 6.54 Å². The van der Waals surface area contributed by atoms with E-state index >= 15 is 0 Å². The number of hydrogen-bond donors (Lipinski definition) is 3. The molecule has 0 aromatic heterocycles. The van der Waals surface area contributed by atoms with E-state index in [-0.39, 0.29) is 18.2 Å². The normalized spacial score (nSPS) is 13.8. The summed E-state index contributed by atoms with van der Waals surface area (Å²) in [6, 6.07) is 4.14. The lowest BCUT2D eigenvalue weighted by Gasteiger charge is -2.16. The minimum atomic E-state index is -1.32. The molecule has 0 aliphatic rings. The van der Waals surface area contributed by atoms with E-state index < -0.39 is 22.7 Å². The van der Waals surface area contributed by atoms with Crippen molar-refractivity contribution in [3.63, 3.8) is 0 Å². The van der Waals surface area contributed by atoms with Crippen molar-refractivity contribution < 1.29 is 19.9 Å². The first kappa shape index (κ1) is 16.1. The SMILES string of the molecule is CC(O)CC(C)NCc1cccc([N+](=O)[O-])c1C(=O)O. The summed E-state index contributed by atoms with van der Waals surface area (Å²) in [4.78, 5) is 21.3. The summed E-state index contributed by atoms with van der Waals surface area (Å²) in [6.07, 6.45) is 0.0405. The first-order chi connectivity index (χ1) is 9.32. The third-order valence-electron chi connectivity index (χ3n) is 2.87. The lowest BCUT2D eigenvalue weighted by molar-refractivity contribution is -0.385. The first-order valence-electron chi connectivity index (χ1n) is 6.24. The van der Waals surface area contributed by atoms with Crippen molar-refractivity contribution in [1.82, 2.24) is 5.32 Å². The van der Waals surface area contributed by atoms with Crippen LogP contribution in [0.15, 0.2) is 18.2 Å². The molecule has 20 heavy (non-hydrogen) atoms. The van der Waals surface area contributed by atoms with Crippen LogP contribution < -0.4 is 5.32 Å². The summed E-state index contributed by atoms with van der Waals surface area (Å²) in [7, 11) is 0. The number of carboxylic acids is 1. The van der Waals surface area contributed by atoms with E-state index in [1.54, 1.807) is 13.0 Å². The minimum absolute atomic E-state index is 0.0316. The number of benzene rings is 1. The molecule has 0 aliphatic carbocycles. The van der Waals surface area contributed by atoms with Gasteiger partial charge in [-0.1, -0.05) is 12.1 Å². The van der Waals surface area contributed by atoms with Crippen LogP contribution >= 0.6 is 0 Å². The number of rotatable bonds is 7. The molecule has 2 atom stereocenters. The number of hydrogen-bond acceptors (Lipinski definition) is 5. The molecule has 0 radical (unpaired) electrons. The lowest BCUT2D eigenvalue weighted by Crippen LogP contribution is -2.29. The van der Waals surface area contributed by atoms with Crippen LogP contribution in [-0.4, -0.2) is 33.3 Å². The standard InChI is InChI=1S/C13H18N2O5/c1-8(6-9(2)16)14-7-10-4-3-5-11(15(19)20)12(10)13(17)18/h3-5,8-9,14,16H,6-7H2,1-2H3,(H,17,18). The molecule has 0 amide bonds. The minimum Gasteiger partial charge on any atom is -0.477 e. The molecule has 1 aromatic carbocycles. The highest BCUT2D eigenvalue weighted by molar-refractivity contribution is 5.94. The molecule has 0 spiro atoms. The van der Waals surface area contributed by atoms with Gasteiger partial charge in [0.15, 0.2) is 0 Å². The fourth-order valence-corrected chi connectivity index (χ4v) is 2.01. The van der Waals surface area contributed by atoms with Crippen LogP contribution in [0.3, 0.4) is 0 Å². The van der Waals surface area contributed by atoms with Crippen LogP contribution in [0.2, 0.25) is 0 Å². The molecule has 2 unspecified atom stereocenters. The molecule has 0 aliphatic heterocycles. The van der Waals surface area contributed by atoms with E-state index in [2.05, 4.69) is 5.32 Å².